The number of carbonyl (C=O) groups excluding carboxylic acids is 1. The third-order valence-corrected chi connectivity index (χ3v) is 7.01. The lowest BCUT2D eigenvalue weighted by Gasteiger charge is -2.16. The third-order valence-electron chi connectivity index (χ3n) is 6.04. The van der Waals surface area contributed by atoms with Crippen molar-refractivity contribution in [3.8, 4) is 5.75 Å². The Morgan fingerprint density at radius 3 is 2.11 bits per heavy atom. The lowest BCUT2D eigenvalue weighted by Crippen LogP contribution is -2.28. The van der Waals surface area contributed by atoms with Crippen LogP contribution in [0.5, 0.6) is 5.75 Å². The van der Waals surface area contributed by atoms with Gasteiger partial charge in [0.25, 0.3) is 5.91 Å². The molecule has 37 heavy (non-hydrogen) atoms. The number of rotatable bonds is 6. The number of anilines is 1. The summed E-state index contributed by atoms with van der Waals surface area (Å²) in [5.74, 6) is 0.667. The number of hydrogen-bond donors (Lipinski definition) is 0. The SMILES string of the molecule is Cc1ccc(COc2cccc(/C=C3\SC(=Nc4ccc(C)cc4)N(c4ccc(C)cc4)C3=O)c2)cc1. The zero-order chi connectivity index (χ0) is 25.8. The fourth-order valence-corrected chi connectivity index (χ4v) is 4.90. The molecule has 184 valence electrons. The van der Waals surface area contributed by atoms with Gasteiger partial charge >= 0.3 is 0 Å². The summed E-state index contributed by atoms with van der Waals surface area (Å²) in [6, 6.07) is 32.0. The van der Waals surface area contributed by atoms with Crippen LogP contribution < -0.4 is 9.64 Å². The molecule has 0 aromatic heterocycles. The number of benzene rings is 4. The molecule has 0 saturated carbocycles. The molecule has 5 heteroatoms. The number of thioether (sulfide) groups is 1. The van der Waals surface area contributed by atoms with Gasteiger partial charge in [0.15, 0.2) is 5.17 Å². The Hall–Kier alpha value is -4.09. The standard InChI is InChI=1S/C32H28N2O2S/c1-22-7-13-25(14-8-22)21-36-29-6-4-5-26(19-29)20-30-31(35)34(28-17-11-24(3)12-18-28)32(37-30)33-27-15-9-23(2)10-16-27/h4-20H,21H2,1-3H3/b30-20-,33-32?. The fourth-order valence-electron chi connectivity index (χ4n) is 3.90. The van der Waals surface area contributed by atoms with Gasteiger partial charge < -0.3 is 4.74 Å². The minimum Gasteiger partial charge on any atom is -0.489 e. The molecule has 0 spiro atoms. The summed E-state index contributed by atoms with van der Waals surface area (Å²) < 4.78 is 6.02. The largest absolute Gasteiger partial charge is 0.489 e. The highest BCUT2D eigenvalue weighted by Gasteiger charge is 2.34. The van der Waals surface area contributed by atoms with Gasteiger partial charge in [-0.2, -0.15) is 0 Å². The smallest absolute Gasteiger partial charge is 0.271 e. The van der Waals surface area contributed by atoms with Crippen molar-refractivity contribution in [2.75, 3.05) is 4.90 Å². The summed E-state index contributed by atoms with van der Waals surface area (Å²) >= 11 is 1.38. The molecule has 0 bridgehead atoms. The van der Waals surface area contributed by atoms with Gasteiger partial charge in [-0.15, -0.1) is 0 Å². The number of amides is 1. The van der Waals surface area contributed by atoms with E-state index in [2.05, 4.69) is 31.2 Å². The number of aliphatic imine (C=N–C) groups is 1. The molecular weight excluding hydrogens is 476 g/mol. The highest BCUT2D eigenvalue weighted by molar-refractivity contribution is 8.19. The monoisotopic (exact) mass is 504 g/mol. The van der Waals surface area contributed by atoms with E-state index < -0.39 is 0 Å². The van der Waals surface area contributed by atoms with Crippen LogP contribution >= 0.6 is 11.8 Å². The van der Waals surface area contributed by atoms with E-state index in [1.807, 2.05) is 92.7 Å². The van der Waals surface area contributed by atoms with E-state index in [9.17, 15) is 4.79 Å². The Kier molecular flexibility index (Phi) is 7.24. The quantitative estimate of drug-likeness (QED) is 0.250. The van der Waals surface area contributed by atoms with Gasteiger partial charge in [-0.05, 0) is 86.1 Å². The van der Waals surface area contributed by atoms with Crippen molar-refractivity contribution >= 4 is 40.3 Å². The second kappa shape index (κ2) is 10.9. The molecule has 0 radical (unpaired) electrons. The predicted octanol–water partition coefficient (Wildman–Crippen LogP) is 8.00. The second-order valence-corrected chi connectivity index (χ2v) is 10.2. The van der Waals surface area contributed by atoms with Crippen molar-refractivity contribution < 1.29 is 9.53 Å². The fraction of sp³-hybridized carbons (Fsp3) is 0.125. The minimum absolute atomic E-state index is 0.0920. The number of aryl methyl sites for hydroxylation is 3. The molecule has 1 aliphatic heterocycles. The molecule has 1 heterocycles. The Labute approximate surface area is 222 Å². The number of ether oxygens (including phenoxy) is 1. The first-order valence-corrected chi connectivity index (χ1v) is 13.0. The van der Waals surface area contributed by atoms with Gasteiger partial charge in [0.2, 0.25) is 0 Å². The summed E-state index contributed by atoms with van der Waals surface area (Å²) in [5, 5.41) is 0.635. The van der Waals surface area contributed by atoms with Crippen molar-refractivity contribution in [1.82, 2.24) is 0 Å². The van der Waals surface area contributed by atoms with E-state index in [1.54, 1.807) is 4.90 Å². The molecular formula is C32H28N2O2S. The van der Waals surface area contributed by atoms with Crippen LogP contribution in [0.3, 0.4) is 0 Å². The van der Waals surface area contributed by atoms with Crippen molar-refractivity contribution in [2.24, 2.45) is 4.99 Å². The topological polar surface area (TPSA) is 41.9 Å². The maximum atomic E-state index is 13.6. The molecule has 1 saturated heterocycles. The number of carbonyl (C=O) groups is 1. The zero-order valence-corrected chi connectivity index (χ0v) is 22.0. The Balaban J connectivity index is 1.42. The first-order chi connectivity index (χ1) is 17.9. The first-order valence-electron chi connectivity index (χ1n) is 12.2. The Bertz CT molecular complexity index is 1470. The lowest BCUT2D eigenvalue weighted by molar-refractivity contribution is -0.113. The van der Waals surface area contributed by atoms with E-state index in [0.29, 0.717) is 16.7 Å². The molecule has 1 amide bonds. The third kappa shape index (κ3) is 6.01. The molecule has 4 aromatic rings. The average molecular weight is 505 g/mol. The zero-order valence-electron chi connectivity index (χ0n) is 21.1. The summed E-state index contributed by atoms with van der Waals surface area (Å²) in [6.07, 6.45) is 1.91. The normalized spacial score (nSPS) is 15.5. The molecule has 0 unspecified atom stereocenters. The van der Waals surface area contributed by atoms with Crippen molar-refractivity contribution in [1.29, 1.82) is 0 Å². The van der Waals surface area contributed by atoms with E-state index in [4.69, 9.17) is 9.73 Å². The molecule has 4 nitrogen and oxygen atoms in total. The maximum absolute atomic E-state index is 13.6. The molecule has 1 aliphatic rings. The molecule has 0 atom stereocenters. The van der Waals surface area contributed by atoms with E-state index in [-0.39, 0.29) is 5.91 Å². The van der Waals surface area contributed by atoms with Crippen LogP contribution in [0.4, 0.5) is 11.4 Å². The predicted molar refractivity (Wildman–Crippen MR) is 154 cm³/mol. The van der Waals surface area contributed by atoms with Gasteiger partial charge in [-0.3, -0.25) is 9.69 Å². The Morgan fingerprint density at radius 1 is 0.811 bits per heavy atom. The maximum Gasteiger partial charge on any atom is 0.271 e. The van der Waals surface area contributed by atoms with Crippen molar-refractivity contribution in [3.63, 3.8) is 0 Å². The van der Waals surface area contributed by atoms with Crippen LogP contribution in [-0.2, 0) is 11.4 Å². The van der Waals surface area contributed by atoms with Gasteiger partial charge in [0, 0.05) is 0 Å². The molecule has 1 fully saturated rings. The van der Waals surface area contributed by atoms with Crippen molar-refractivity contribution in [2.45, 2.75) is 27.4 Å². The number of amidine groups is 1. The second-order valence-electron chi connectivity index (χ2n) is 9.16. The molecule has 0 N–H and O–H groups in total. The van der Waals surface area contributed by atoms with E-state index in [1.165, 1.54) is 22.9 Å². The van der Waals surface area contributed by atoms with E-state index >= 15 is 0 Å². The number of nitrogens with zero attached hydrogens (tertiary/aromatic N) is 2. The molecule has 0 aliphatic carbocycles. The van der Waals surface area contributed by atoms with Gasteiger partial charge in [-0.25, -0.2) is 4.99 Å². The molecule has 5 rings (SSSR count). The summed E-state index contributed by atoms with van der Waals surface area (Å²) in [4.78, 5) is 20.7. The van der Waals surface area contributed by atoms with Crippen LogP contribution in [0.2, 0.25) is 0 Å². The van der Waals surface area contributed by atoms with Gasteiger partial charge in [0.1, 0.15) is 12.4 Å². The average Bonchev–Trinajstić information content (AvgIpc) is 3.20. The first kappa shape index (κ1) is 24.6. The van der Waals surface area contributed by atoms with Crippen LogP contribution in [0.25, 0.3) is 6.08 Å². The van der Waals surface area contributed by atoms with Crippen molar-refractivity contribution in [3.05, 3.63) is 130 Å². The van der Waals surface area contributed by atoms with Gasteiger partial charge in [0.05, 0.1) is 16.3 Å². The highest BCUT2D eigenvalue weighted by atomic mass is 32.2. The molecule has 4 aromatic carbocycles. The van der Waals surface area contributed by atoms with Gasteiger partial charge in [-0.1, -0.05) is 77.4 Å². The highest BCUT2D eigenvalue weighted by Crippen LogP contribution is 2.37. The van der Waals surface area contributed by atoms with Crippen LogP contribution in [0.15, 0.2) is 107 Å². The lowest BCUT2D eigenvalue weighted by atomic mass is 10.1. The van der Waals surface area contributed by atoms with E-state index in [0.717, 1.165) is 33.8 Å². The van der Waals surface area contributed by atoms with Crippen LogP contribution in [-0.4, -0.2) is 11.1 Å². The van der Waals surface area contributed by atoms with Crippen LogP contribution in [0, 0.1) is 20.8 Å². The number of hydrogen-bond acceptors (Lipinski definition) is 4. The summed E-state index contributed by atoms with van der Waals surface area (Å²) in [5.41, 5.74) is 7.15. The van der Waals surface area contributed by atoms with Crippen LogP contribution in [0.1, 0.15) is 27.8 Å². The summed E-state index contributed by atoms with van der Waals surface area (Å²) in [7, 11) is 0. The minimum atomic E-state index is -0.0920. The Morgan fingerprint density at radius 2 is 1.43 bits per heavy atom. The summed E-state index contributed by atoms with van der Waals surface area (Å²) in [6.45, 7) is 6.64.